The fourth-order valence-electron chi connectivity index (χ4n) is 3.04. The van der Waals surface area contributed by atoms with Gasteiger partial charge in [-0.25, -0.2) is 9.97 Å². The van der Waals surface area contributed by atoms with Gasteiger partial charge in [0, 0.05) is 31.1 Å². The van der Waals surface area contributed by atoms with E-state index in [1.54, 1.807) is 0 Å². The lowest BCUT2D eigenvalue weighted by Gasteiger charge is -2.37. The topological polar surface area (TPSA) is 41.5 Å². The van der Waals surface area contributed by atoms with Crippen LogP contribution in [0.25, 0.3) is 0 Å². The molecule has 0 atom stereocenters. The Morgan fingerprint density at radius 3 is 2.70 bits per heavy atom. The lowest BCUT2D eigenvalue weighted by Crippen LogP contribution is -2.43. The Morgan fingerprint density at radius 2 is 2.00 bits per heavy atom. The molecule has 1 aromatic rings. The van der Waals surface area contributed by atoms with Crippen molar-refractivity contribution in [2.45, 2.75) is 31.9 Å². The number of hydrogen-bond donors (Lipinski definition) is 0. The molecule has 2 aliphatic heterocycles. The van der Waals surface area contributed by atoms with Gasteiger partial charge in [0.15, 0.2) is 0 Å². The van der Waals surface area contributed by atoms with Gasteiger partial charge in [0.25, 0.3) is 0 Å². The van der Waals surface area contributed by atoms with E-state index in [0.717, 1.165) is 56.0 Å². The van der Waals surface area contributed by atoms with Gasteiger partial charge >= 0.3 is 0 Å². The summed E-state index contributed by atoms with van der Waals surface area (Å²) in [5, 5.41) is 0.357. The zero-order valence-electron chi connectivity index (χ0n) is 12.1. The highest BCUT2D eigenvalue weighted by Crippen LogP contribution is 2.29. The summed E-state index contributed by atoms with van der Waals surface area (Å²) in [5.74, 6) is 0.983. The molecule has 1 aromatic heterocycles. The van der Waals surface area contributed by atoms with Crippen LogP contribution in [0.1, 0.15) is 24.1 Å². The van der Waals surface area contributed by atoms with Gasteiger partial charge in [-0.05, 0) is 38.5 Å². The molecule has 20 heavy (non-hydrogen) atoms. The van der Waals surface area contributed by atoms with Crippen LogP contribution in [-0.2, 0) is 17.8 Å². The van der Waals surface area contributed by atoms with Crippen LogP contribution in [0, 0.1) is 0 Å². The van der Waals surface area contributed by atoms with Gasteiger partial charge in [0.05, 0.1) is 18.9 Å². The maximum Gasteiger partial charge on any atom is 0.224 e. The third-order valence-corrected chi connectivity index (χ3v) is 4.44. The summed E-state index contributed by atoms with van der Waals surface area (Å²) in [5.41, 5.74) is 2.19. The quantitative estimate of drug-likeness (QED) is 0.778. The molecule has 0 aromatic carbocycles. The third kappa shape index (κ3) is 2.75. The maximum atomic E-state index is 6.08. The first-order valence-corrected chi connectivity index (χ1v) is 7.57. The van der Waals surface area contributed by atoms with Crippen molar-refractivity contribution in [3.8, 4) is 0 Å². The molecule has 2 aliphatic rings. The van der Waals surface area contributed by atoms with Crippen LogP contribution in [0.5, 0.6) is 0 Å². The van der Waals surface area contributed by atoms with E-state index in [1.807, 2.05) is 0 Å². The van der Waals surface area contributed by atoms with Crippen LogP contribution in [0.2, 0.25) is 5.28 Å². The molecule has 1 fully saturated rings. The minimum atomic E-state index is 0.357. The molecule has 1 saturated heterocycles. The Kier molecular flexibility index (Phi) is 4.10. The fourth-order valence-corrected chi connectivity index (χ4v) is 3.22. The van der Waals surface area contributed by atoms with Crippen LogP contribution < -0.4 is 4.90 Å². The molecular weight excluding hydrogens is 276 g/mol. The van der Waals surface area contributed by atoms with Crippen LogP contribution >= 0.6 is 11.6 Å². The van der Waals surface area contributed by atoms with E-state index < -0.39 is 0 Å². The second-order valence-corrected chi connectivity index (χ2v) is 6.06. The molecule has 0 unspecified atom stereocenters. The summed E-state index contributed by atoms with van der Waals surface area (Å²) in [6, 6.07) is 0.663. The molecule has 0 aliphatic carbocycles. The van der Waals surface area contributed by atoms with Gasteiger partial charge in [0.1, 0.15) is 5.82 Å². The average molecular weight is 297 g/mol. The van der Waals surface area contributed by atoms with Crippen LogP contribution in [0.15, 0.2) is 0 Å². The van der Waals surface area contributed by atoms with Gasteiger partial charge in [0.2, 0.25) is 5.28 Å². The molecule has 0 saturated carbocycles. The molecule has 3 rings (SSSR count). The van der Waals surface area contributed by atoms with E-state index in [9.17, 15) is 0 Å². The average Bonchev–Trinajstić information content (AvgIpc) is 2.46. The van der Waals surface area contributed by atoms with Crippen LogP contribution in [0.4, 0.5) is 5.82 Å². The Balaban J connectivity index is 1.82. The third-order valence-electron chi connectivity index (χ3n) is 4.27. The van der Waals surface area contributed by atoms with Crippen molar-refractivity contribution in [2.75, 3.05) is 38.7 Å². The van der Waals surface area contributed by atoms with E-state index >= 15 is 0 Å². The van der Waals surface area contributed by atoms with Crippen molar-refractivity contribution in [3.05, 3.63) is 16.5 Å². The Bertz CT molecular complexity index is 486. The number of anilines is 1. The molecule has 0 radical (unpaired) electrons. The zero-order valence-corrected chi connectivity index (χ0v) is 12.9. The number of piperidine rings is 1. The van der Waals surface area contributed by atoms with Crippen LogP contribution in [-0.4, -0.2) is 54.7 Å². The number of rotatable bonds is 2. The fraction of sp³-hybridized carbons (Fsp3) is 0.714. The summed E-state index contributed by atoms with van der Waals surface area (Å²) >= 11 is 6.08. The molecule has 5 nitrogen and oxygen atoms in total. The first-order valence-electron chi connectivity index (χ1n) is 7.19. The lowest BCUT2D eigenvalue weighted by atomic mass is 10.0. The minimum Gasteiger partial charge on any atom is -0.376 e. The largest absolute Gasteiger partial charge is 0.376 e. The van der Waals surface area contributed by atoms with Crippen molar-refractivity contribution >= 4 is 17.4 Å². The highest BCUT2D eigenvalue weighted by Gasteiger charge is 2.26. The SMILES string of the molecule is CN(C)C1CCN(c2nc(Cl)nc3c2COCC3)CC1. The van der Waals surface area contributed by atoms with Crippen molar-refractivity contribution in [1.29, 1.82) is 0 Å². The predicted molar refractivity (Wildman–Crippen MR) is 79.3 cm³/mol. The summed E-state index contributed by atoms with van der Waals surface area (Å²) in [4.78, 5) is 13.5. The number of hydrogen-bond acceptors (Lipinski definition) is 5. The summed E-state index contributed by atoms with van der Waals surface area (Å²) in [6.45, 7) is 3.36. The van der Waals surface area contributed by atoms with Crippen LogP contribution in [0.3, 0.4) is 0 Å². The number of fused-ring (bicyclic) bond motifs is 1. The molecular formula is C14H21ClN4O. The number of nitrogens with zero attached hydrogens (tertiary/aromatic N) is 4. The highest BCUT2D eigenvalue weighted by molar-refractivity contribution is 6.28. The minimum absolute atomic E-state index is 0.357. The smallest absolute Gasteiger partial charge is 0.224 e. The Morgan fingerprint density at radius 1 is 1.25 bits per heavy atom. The molecule has 0 spiro atoms. The van der Waals surface area contributed by atoms with Crippen molar-refractivity contribution in [2.24, 2.45) is 0 Å². The van der Waals surface area contributed by atoms with Gasteiger partial charge in [-0.15, -0.1) is 0 Å². The second-order valence-electron chi connectivity index (χ2n) is 5.73. The predicted octanol–water partition coefficient (Wildman–Crippen LogP) is 1.73. The Hall–Kier alpha value is -0.910. The van der Waals surface area contributed by atoms with E-state index in [2.05, 4.69) is 33.9 Å². The normalized spacial score (nSPS) is 20.3. The van der Waals surface area contributed by atoms with E-state index in [4.69, 9.17) is 16.3 Å². The van der Waals surface area contributed by atoms with Gasteiger partial charge in [-0.1, -0.05) is 0 Å². The molecule has 0 bridgehead atoms. The van der Waals surface area contributed by atoms with Crippen molar-refractivity contribution in [1.82, 2.24) is 14.9 Å². The number of ether oxygens (including phenoxy) is 1. The molecule has 3 heterocycles. The number of halogens is 1. The standard InChI is InChI=1S/C14H21ClN4O/c1-18(2)10-3-6-19(7-4-10)13-11-9-20-8-5-12(11)16-14(15)17-13/h10H,3-9H2,1-2H3. The molecule has 0 amide bonds. The number of aromatic nitrogens is 2. The van der Waals surface area contributed by atoms with Gasteiger partial charge in [-0.2, -0.15) is 0 Å². The second kappa shape index (κ2) is 5.84. The van der Waals surface area contributed by atoms with E-state index in [1.165, 1.54) is 0 Å². The molecule has 110 valence electrons. The highest BCUT2D eigenvalue weighted by atomic mass is 35.5. The monoisotopic (exact) mass is 296 g/mol. The Labute approximate surface area is 124 Å². The van der Waals surface area contributed by atoms with E-state index in [-0.39, 0.29) is 0 Å². The van der Waals surface area contributed by atoms with E-state index in [0.29, 0.717) is 17.9 Å². The summed E-state index contributed by atoms with van der Waals surface area (Å²) < 4.78 is 5.57. The maximum absolute atomic E-state index is 6.08. The summed E-state index contributed by atoms with van der Waals surface area (Å²) in [6.07, 6.45) is 3.15. The van der Waals surface area contributed by atoms with Gasteiger partial charge < -0.3 is 14.5 Å². The first kappa shape index (κ1) is 14.0. The summed E-state index contributed by atoms with van der Waals surface area (Å²) in [7, 11) is 4.30. The first-order chi connectivity index (χ1) is 9.65. The van der Waals surface area contributed by atoms with Gasteiger partial charge in [-0.3, -0.25) is 0 Å². The van der Waals surface area contributed by atoms with Crippen molar-refractivity contribution < 1.29 is 4.74 Å². The molecule has 0 N–H and O–H groups in total. The zero-order chi connectivity index (χ0) is 14.1. The molecule has 6 heteroatoms. The van der Waals surface area contributed by atoms with Crippen molar-refractivity contribution in [3.63, 3.8) is 0 Å². The lowest BCUT2D eigenvalue weighted by molar-refractivity contribution is 0.109.